The Bertz CT molecular complexity index is 632. The third-order valence-electron chi connectivity index (χ3n) is 5.93. The molecule has 0 N–H and O–H groups in total. The number of piperidine rings is 1. The first-order valence-electron chi connectivity index (χ1n) is 10.1. The molecule has 2 saturated heterocycles. The fraction of sp³-hybridized carbons (Fsp3) is 0.667. The van der Waals surface area contributed by atoms with Crippen LogP contribution in [0, 0.1) is 17.6 Å². The van der Waals surface area contributed by atoms with E-state index in [1.807, 2.05) is 4.90 Å². The maximum atomic E-state index is 13.3. The van der Waals surface area contributed by atoms with Crippen LogP contribution < -0.4 is 0 Å². The van der Waals surface area contributed by atoms with Crippen molar-refractivity contribution in [2.45, 2.75) is 32.1 Å². The molecule has 4 nitrogen and oxygen atoms in total. The number of hydrogen-bond donors (Lipinski definition) is 0. The van der Waals surface area contributed by atoms with Gasteiger partial charge in [0.15, 0.2) is 11.6 Å². The van der Waals surface area contributed by atoms with Gasteiger partial charge in [-0.2, -0.15) is 0 Å². The van der Waals surface area contributed by atoms with E-state index in [1.54, 1.807) is 6.07 Å². The lowest BCUT2D eigenvalue weighted by Gasteiger charge is -2.35. The van der Waals surface area contributed by atoms with Crippen LogP contribution in [0.1, 0.15) is 31.2 Å². The monoisotopic (exact) mass is 379 g/mol. The van der Waals surface area contributed by atoms with Crippen LogP contribution in [-0.2, 0) is 11.2 Å². The number of carbonyl (C=O) groups is 1. The Morgan fingerprint density at radius 2 is 1.89 bits per heavy atom. The summed E-state index contributed by atoms with van der Waals surface area (Å²) in [5.74, 6) is -0.878. The summed E-state index contributed by atoms with van der Waals surface area (Å²) in [5.41, 5.74) is 0.826. The molecule has 0 bridgehead atoms. The van der Waals surface area contributed by atoms with Gasteiger partial charge >= 0.3 is 0 Å². The van der Waals surface area contributed by atoms with Gasteiger partial charge in [-0.15, -0.1) is 0 Å². The largest absolute Gasteiger partial charge is 0.342 e. The molecule has 0 saturated carbocycles. The van der Waals surface area contributed by atoms with E-state index < -0.39 is 11.6 Å². The Kier molecular flexibility index (Phi) is 7.19. The number of likely N-dealkylation sites (N-methyl/N-ethyl adjacent to an activating group) is 1. The molecule has 27 heavy (non-hydrogen) atoms. The summed E-state index contributed by atoms with van der Waals surface area (Å²) in [6, 6.07) is 4.14. The molecule has 1 amide bonds. The molecule has 0 spiro atoms. The Hall–Kier alpha value is -1.53. The zero-order valence-corrected chi connectivity index (χ0v) is 16.3. The zero-order valence-electron chi connectivity index (χ0n) is 16.3. The van der Waals surface area contributed by atoms with Crippen LogP contribution in [0.2, 0.25) is 0 Å². The molecule has 1 aromatic carbocycles. The van der Waals surface area contributed by atoms with E-state index in [4.69, 9.17) is 0 Å². The molecule has 0 unspecified atom stereocenters. The second kappa shape index (κ2) is 9.60. The average Bonchev–Trinajstić information content (AvgIpc) is 2.68. The predicted octanol–water partition coefficient (Wildman–Crippen LogP) is 2.77. The highest BCUT2D eigenvalue weighted by atomic mass is 19.2. The average molecular weight is 379 g/mol. The normalized spacial score (nSPS) is 22.2. The topological polar surface area (TPSA) is 26.8 Å². The number of benzene rings is 1. The Labute approximate surface area is 161 Å². The van der Waals surface area contributed by atoms with E-state index in [-0.39, 0.29) is 5.91 Å². The molecule has 2 fully saturated rings. The number of halogens is 2. The minimum Gasteiger partial charge on any atom is -0.342 e. The molecule has 6 heteroatoms. The van der Waals surface area contributed by atoms with Crippen molar-refractivity contribution < 1.29 is 13.6 Å². The highest BCUT2D eigenvalue weighted by molar-refractivity contribution is 5.76. The van der Waals surface area contributed by atoms with Crippen LogP contribution in [0.3, 0.4) is 0 Å². The fourth-order valence-corrected chi connectivity index (χ4v) is 4.08. The van der Waals surface area contributed by atoms with Gasteiger partial charge in [0.1, 0.15) is 0 Å². The SMILES string of the molecule is CN1CCN(CCC(=O)N2CCC[C@@H](CCc3ccc(F)c(F)c3)C2)CC1. The highest BCUT2D eigenvalue weighted by Gasteiger charge is 2.24. The van der Waals surface area contributed by atoms with Crippen LogP contribution >= 0.6 is 0 Å². The van der Waals surface area contributed by atoms with Crippen LogP contribution in [0.25, 0.3) is 0 Å². The summed E-state index contributed by atoms with van der Waals surface area (Å²) in [7, 11) is 2.14. The smallest absolute Gasteiger partial charge is 0.223 e. The number of aryl methyl sites for hydroxylation is 1. The second-order valence-electron chi connectivity index (χ2n) is 8.03. The van der Waals surface area contributed by atoms with E-state index in [2.05, 4.69) is 16.8 Å². The fourth-order valence-electron chi connectivity index (χ4n) is 4.08. The molecule has 1 aromatic rings. The van der Waals surface area contributed by atoms with Crippen molar-refractivity contribution in [3.05, 3.63) is 35.4 Å². The van der Waals surface area contributed by atoms with E-state index in [0.717, 1.165) is 77.1 Å². The molecule has 0 aromatic heterocycles. The van der Waals surface area contributed by atoms with Gasteiger partial charge in [0.25, 0.3) is 0 Å². The standard InChI is InChI=1S/C21H31F2N3O/c1-24-11-13-25(14-12-24)10-8-21(27)26-9-2-3-18(16-26)5-4-17-6-7-19(22)20(23)15-17/h6-7,15,18H,2-5,8-14,16H2,1H3/t18-/m0/s1. The third-order valence-corrected chi connectivity index (χ3v) is 5.93. The van der Waals surface area contributed by atoms with Gasteiger partial charge in [-0.3, -0.25) is 4.79 Å². The van der Waals surface area contributed by atoms with E-state index in [1.165, 1.54) is 12.1 Å². The van der Waals surface area contributed by atoms with E-state index >= 15 is 0 Å². The van der Waals surface area contributed by atoms with Crippen LogP contribution in [0.15, 0.2) is 18.2 Å². The van der Waals surface area contributed by atoms with Crippen LogP contribution in [0.4, 0.5) is 8.78 Å². The first kappa shape index (κ1) is 20.2. The summed E-state index contributed by atoms with van der Waals surface area (Å²) in [4.78, 5) is 19.3. The van der Waals surface area contributed by atoms with Crippen molar-refractivity contribution >= 4 is 5.91 Å². The van der Waals surface area contributed by atoms with Gasteiger partial charge in [-0.1, -0.05) is 6.07 Å². The van der Waals surface area contributed by atoms with Gasteiger partial charge in [-0.25, -0.2) is 8.78 Å². The Morgan fingerprint density at radius 3 is 2.63 bits per heavy atom. The molecular formula is C21H31F2N3O. The minimum atomic E-state index is -0.798. The van der Waals surface area contributed by atoms with Crippen molar-refractivity contribution in [2.75, 3.05) is 52.9 Å². The Morgan fingerprint density at radius 1 is 1.11 bits per heavy atom. The van der Waals surface area contributed by atoms with Gasteiger partial charge in [0, 0.05) is 52.2 Å². The summed E-state index contributed by atoms with van der Waals surface area (Å²) in [5, 5.41) is 0. The zero-order chi connectivity index (χ0) is 19.2. The lowest BCUT2D eigenvalue weighted by atomic mass is 9.91. The lowest BCUT2D eigenvalue weighted by molar-refractivity contribution is -0.133. The maximum Gasteiger partial charge on any atom is 0.223 e. The number of rotatable bonds is 6. The molecule has 150 valence electrons. The molecule has 3 rings (SSSR count). The summed E-state index contributed by atoms with van der Waals surface area (Å²) in [6.07, 6.45) is 4.37. The van der Waals surface area contributed by atoms with Crippen molar-refractivity contribution in [1.29, 1.82) is 0 Å². The number of amides is 1. The predicted molar refractivity (Wildman–Crippen MR) is 103 cm³/mol. The Balaban J connectivity index is 1.41. The number of likely N-dealkylation sites (tertiary alicyclic amines) is 1. The van der Waals surface area contributed by atoms with Crippen LogP contribution in [0.5, 0.6) is 0 Å². The quantitative estimate of drug-likeness (QED) is 0.761. The number of piperazine rings is 1. The summed E-state index contributed by atoms with van der Waals surface area (Å²) >= 11 is 0. The molecule has 2 aliphatic heterocycles. The number of nitrogens with zero attached hydrogens (tertiary/aromatic N) is 3. The first-order valence-corrected chi connectivity index (χ1v) is 10.1. The molecular weight excluding hydrogens is 348 g/mol. The second-order valence-corrected chi connectivity index (χ2v) is 8.03. The summed E-state index contributed by atoms with van der Waals surface area (Å²) in [6.45, 7) is 6.73. The first-order chi connectivity index (χ1) is 13.0. The van der Waals surface area contributed by atoms with Gasteiger partial charge in [0.05, 0.1) is 0 Å². The molecule has 2 heterocycles. The van der Waals surface area contributed by atoms with Gasteiger partial charge in [-0.05, 0) is 56.3 Å². The van der Waals surface area contributed by atoms with E-state index in [9.17, 15) is 13.6 Å². The van der Waals surface area contributed by atoms with Crippen molar-refractivity contribution in [3.8, 4) is 0 Å². The van der Waals surface area contributed by atoms with Crippen molar-refractivity contribution in [2.24, 2.45) is 5.92 Å². The molecule has 0 aliphatic carbocycles. The lowest BCUT2D eigenvalue weighted by Crippen LogP contribution is -2.46. The molecule has 1 atom stereocenters. The van der Waals surface area contributed by atoms with Gasteiger partial charge in [0.2, 0.25) is 5.91 Å². The van der Waals surface area contributed by atoms with E-state index in [0.29, 0.717) is 12.3 Å². The number of carbonyl (C=O) groups excluding carboxylic acids is 1. The van der Waals surface area contributed by atoms with Crippen molar-refractivity contribution in [3.63, 3.8) is 0 Å². The molecule has 2 aliphatic rings. The van der Waals surface area contributed by atoms with Crippen LogP contribution in [-0.4, -0.2) is 73.5 Å². The third kappa shape index (κ3) is 5.98. The molecule has 0 radical (unpaired) electrons. The summed E-state index contributed by atoms with van der Waals surface area (Å²) < 4.78 is 26.4. The highest BCUT2D eigenvalue weighted by Crippen LogP contribution is 2.23. The minimum absolute atomic E-state index is 0.256. The number of hydrogen-bond acceptors (Lipinski definition) is 3. The van der Waals surface area contributed by atoms with Gasteiger partial charge < -0.3 is 14.7 Å². The van der Waals surface area contributed by atoms with Crippen molar-refractivity contribution in [1.82, 2.24) is 14.7 Å². The maximum absolute atomic E-state index is 13.3.